The molecule has 4 heteroatoms. The third kappa shape index (κ3) is 2.48. The summed E-state index contributed by atoms with van der Waals surface area (Å²) in [6, 6.07) is 13.8. The zero-order chi connectivity index (χ0) is 13.0. The number of para-hydroxylation sites is 1. The maximum absolute atomic E-state index is 8.53. The van der Waals surface area contributed by atoms with E-state index in [1.807, 2.05) is 61.3 Å². The fourth-order valence-corrected chi connectivity index (χ4v) is 1.73. The van der Waals surface area contributed by atoms with Crippen molar-refractivity contribution in [3.8, 4) is 0 Å². The minimum Gasteiger partial charge on any atom is -0.411 e. The van der Waals surface area contributed by atoms with E-state index in [-0.39, 0.29) is 0 Å². The van der Waals surface area contributed by atoms with Gasteiger partial charge in [0.05, 0.1) is 6.21 Å². The van der Waals surface area contributed by atoms with Crippen molar-refractivity contribution in [2.45, 2.75) is 6.92 Å². The van der Waals surface area contributed by atoms with E-state index < -0.39 is 0 Å². The molecule has 1 heterocycles. The van der Waals surface area contributed by atoms with E-state index in [1.165, 1.54) is 6.21 Å². The first-order chi connectivity index (χ1) is 8.72. The minimum atomic E-state index is 0.808. The van der Waals surface area contributed by atoms with Gasteiger partial charge in [-0.15, -0.1) is 0 Å². The van der Waals surface area contributed by atoms with Gasteiger partial charge in [0.2, 0.25) is 0 Å². The molecule has 0 spiro atoms. The predicted molar refractivity (Wildman–Crippen MR) is 72.9 cm³/mol. The Hall–Kier alpha value is -2.36. The first-order valence-corrected chi connectivity index (χ1v) is 5.66. The van der Waals surface area contributed by atoms with Gasteiger partial charge in [-0.3, -0.25) is 0 Å². The molecule has 0 saturated heterocycles. The highest BCUT2D eigenvalue weighted by molar-refractivity contribution is 5.81. The number of anilines is 2. The third-order valence-electron chi connectivity index (χ3n) is 2.80. The number of oxime groups is 1. The Morgan fingerprint density at radius 1 is 1.17 bits per heavy atom. The Labute approximate surface area is 106 Å². The second kappa shape index (κ2) is 5.31. The largest absolute Gasteiger partial charge is 0.411 e. The Morgan fingerprint density at radius 3 is 2.50 bits per heavy atom. The molecule has 2 aromatic rings. The van der Waals surface area contributed by atoms with Gasteiger partial charge in [-0.1, -0.05) is 23.4 Å². The van der Waals surface area contributed by atoms with Gasteiger partial charge in [0, 0.05) is 24.0 Å². The maximum atomic E-state index is 8.53. The summed E-state index contributed by atoms with van der Waals surface area (Å²) >= 11 is 0. The van der Waals surface area contributed by atoms with Gasteiger partial charge in [-0.25, -0.2) is 4.98 Å². The molecule has 92 valence electrons. The van der Waals surface area contributed by atoms with Crippen LogP contribution in [-0.2, 0) is 0 Å². The Kier molecular flexibility index (Phi) is 3.57. The molecular formula is C14H15N3O. The van der Waals surface area contributed by atoms with Gasteiger partial charge in [0.25, 0.3) is 0 Å². The molecule has 1 N–H and O–H groups in total. The van der Waals surface area contributed by atoms with Gasteiger partial charge in [-0.2, -0.15) is 0 Å². The predicted octanol–water partition coefficient (Wildman–Crippen LogP) is 2.97. The molecule has 0 radical (unpaired) electrons. The number of pyridine rings is 1. The summed E-state index contributed by atoms with van der Waals surface area (Å²) in [5.41, 5.74) is 2.71. The van der Waals surface area contributed by atoms with Crippen LogP contribution >= 0.6 is 0 Å². The van der Waals surface area contributed by atoms with E-state index in [4.69, 9.17) is 5.21 Å². The highest BCUT2D eigenvalue weighted by Crippen LogP contribution is 2.21. The molecule has 18 heavy (non-hydrogen) atoms. The van der Waals surface area contributed by atoms with Crippen molar-refractivity contribution < 1.29 is 5.21 Å². The lowest BCUT2D eigenvalue weighted by molar-refractivity contribution is 0.322. The van der Waals surface area contributed by atoms with Crippen LogP contribution in [-0.4, -0.2) is 23.5 Å². The fourth-order valence-electron chi connectivity index (χ4n) is 1.73. The van der Waals surface area contributed by atoms with E-state index in [0.717, 1.165) is 22.8 Å². The summed E-state index contributed by atoms with van der Waals surface area (Å²) in [7, 11) is 1.97. The molecular weight excluding hydrogens is 226 g/mol. The number of nitrogens with zero attached hydrogens (tertiary/aromatic N) is 3. The van der Waals surface area contributed by atoms with E-state index in [1.54, 1.807) is 0 Å². The minimum absolute atomic E-state index is 0.808. The van der Waals surface area contributed by atoms with Crippen molar-refractivity contribution >= 4 is 17.7 Å². The van der Waals surface area contributed by atoms with Crippen molar-refractivity contribution in [3.63, 3.8) is 0 Å². The topological polar surface area (TPSA) is 48.7 Å². The summed E-state index contributed by atoms with van der Waals surface area (Å²) < 4.78 is 0. The molecule has 0 saturated carbocycles. The third-order valence-corrected chi connectivity index (χ3v) is 2.80. The van der Waals surface area contributed by atoms with E-state index in [9.17, 15) is 0 Å². The van der Waals surface area contributed by atoms with Gasteiger partial charge in [-0.05, 0) is 31.2 Å². The molecule has 0 fully saturated rings. The molecule has 2 rings (SSSR count). The van der Waals surface area contributed by atoms with Crippen molar-refractivity contribution in [3.05, 3.63) is 53.7 Å². The van der Waals surface area contributed by atoms with Crippen molar-refractivity contribution in [1.29, 1.82) is 0 Å². The van der Waals surface area contributed by atoms with Gasteiger partial charge < -0.3 is 10.1 Å². The molecule has 0 unspecified atom stereocenters. The van der Waals surface area contributed by atoms with Gasteiger partial charge in [0.1, 0.15) is 5.82 Å². The molecule has 0 aliphatic carbocycles. The number of aromatic nitrogens is 1. The zero-order valence-corrected chi connectivity index (χ0v) is 10.4. The van der Waals surface area contributed by atoms with Crippen LogP contribution in [0.3, 0.4) is 0 Å². The Bertz CT molecular complexity index is 552. The van der Waals surface area contributed by atoms with Crippen LogP contribution < -0.4 is 4.90 Å². The maximum Gasteiger partial charge on any atom is 0.133 e. The standard InChI is InChI=1S/C14H15N3O/c1-11-12(10-15-18)8-9-14(16-11)17(2)13-6-4-3-5-7-13/h3-10,18H,1-2H3/b15-10+. The highest BCUT2D eigenvalue weighted by Gasteiger charge is 2.06. The lowest BCUT2D eigenvalue weighted by atomic mass is 10.2. The van der Waals surface area contributed by atoms with Crippen LogP contribution in [0.2, 0.25) is 0 Å². The van der Waals surface area contributed by atoms with E-state index in [0.29, 0.717) is 0 Å². The van der Waals surface area contributed by atoms with Crippen molar-refractivity contribution in [2.75, 3.05) is 11.9 Å². The second-order valence-corrected chi connectivity index (χ2v) is 3.98. The average Bonchev–Trinajstić information content (AvgIpc) is 2.41. The number of rotatable bonds is 3. The van der Waals surface area contributed by atoms with E-state index >= 15 is 0 Å². The molecule has 0 atom stereocenters. The lowest BCUT2D eigenvalue weighted by Crippen LogP contribution is -2.11. The molecule has 1 aromatic heterocycles. The van der Waals surface area contributed by atoms with E-state index in [2.05, 4.69) is 10.1 Å². The van der Waals surface area contributed by atoms with Gasteiger partial charge in [0.15, 0.2) is 0 Å². The molecule has 1 aromatic carbocycles. The van der Waals surface area contributed by atoms with Crippen LogP contribution in [0.1, 0.15) is 11.3 Å². The van der Waals surface area contributed by atoms with Crippen molar-refractivity contribution in [2.24, 2.45) is 5.16 Å². The summed E-state index contributed by atoms with van der Waals surface area (Å²) in [6.45, 7) is 1.89. The Morgan fingerprint density at radius 2 is 1.89 bits per heavy atom. The molecule has 0 bridgehead atoms. The zero-order valence-electron chi connectivity index (χ0n) is 10.4. The van der Waals surface area contributed by atoms with Crippen LogP contribution in [0.15, 0.2) is 47.6 Å². The second-order valence-electron chi connectivity index (χ2n) is 3.98. The average molecular weight is 241 g/mol. The number of benzene rings is 1. The number of hydrogen-bond donors (Lipinski definition) is 1. The number of aryl methyl sites for hydroxylation is 1. The molecule has 0 amide bonds. The lowest BCUT2D eigenvalue weighted by Gasteiger charge is -2.19. The smallest absolute Gasteiger partial charge is 0.133 e. The molecule has 0 aliphatic heterocycles. The van der Waals surface area contributed by atoms with Gasteiger partial charge >= 0.3 is 0 Å². The normalized spacial score (nSPS) is 10.8. The summed E-state index contributed by atoms with van der Waals surface area (Å²) in [5.74, 6) is 0.855. The highest BCUT2D eigenvalue weighted by atomic mass is 16.4. The van der Waals surface area contributed by atoms with Crippen LogP contribution in [0, 0.1) is 6.92 Å². The fraction of sp³-hybridized carbons (Fsp3) is 0.143. The summed E-state index contributed by atoms with van der Waals surface area (Å²) in [4.78, 5) is 6.50. The quantitative estimate of drug-likeness (QED) is 0.510. The summed E-state index contributed by atoms with van der Waals surface area (Å²) in [6.07, 6.45) is 1.38. The first-order valence-electron chi connectivity index (χ1n) is 5.66. The number of hydrogen-bond acceptors (Lipinski definition) is 4. The van der Waals surface area contributed by atoms with Crippen LogP contribution in [0.25, 0.3) is 0 Å². The van der Waals surface area contributed by atoms with Crippen LogP contribution in [0.4, 0.5) is 11.5 Å². The van der Waals surface area contributed by atoms with Crippen LogP contribution in [0.5, 0.6) is 0 Å². The molecule has 4 nitrogen and oxygen atoms in total. The first kappa shape index (κ1) is 12.1. The SMILES string of the molecule is Cc1nc(N(C)c2ccccc2)ccc1/C=N/O. The van der Waals surface area contributed by atoms with Crippen molar-refractivity contribution in [1.82, 2.24) is 4.98 Å². The monoisotopic (exact) mass is 241 g/mol. The molecule has 0 aliphatic rings. The summed E-state index contributed by atoms with van der Waals surface area (Å²) in [5, 5.41) is 11.6. The Balaban J connectivity index is 2.32.